The highest BCUT2D eigenvalue weighted by atomic mass is 79.9. The molecule has 0 unspecified atom stereocenters. The van der Waals surface area contributed by atoms with Gasteiger partial charge in [0.05, 0.1) is 10.7 Å². The molecule has 0 spiro atoms. The van der Waals surface area contributed by atoms with Crippen LogP contribution in [0.25, 0.3) is 0 Å². The van der Waals surface area contributed by atoms with Gasteiger partial charge in [0.1, 0.15) is 5.60 Å². The van der Waals surface area contributed by atoms with Gasteiger partial charge in [-0.05, 0) is 73.1 Å². The SMILES string of the molecule is CC(C)(C)OC(=O)Nc1cc(Br)c(C(=O)c2ccc(Cl)cc2)cc1Cl. The fraction of sp³-hybridized carbons (Fsp3) is 0.222. The molecule has 0 saturated carbocycles. The number of amides is 1. The molecule has 0 aliphatic rings. The van der Waals surface area contributed by atoms with Gasteiger partial charge in [-0.3, -0.25) is 10.1 Å². The maximum Gasteiger partial charge on any atom is 0.412 e. The molecular weight excluding hydrogens is 429 g/mol. The molecule has 0 aliphatic heterocycles. The molecule has 2 rings (SSSR count). The van der Waals surface area contributed by atoms with Crippen molar-refractivity contribution in [3.8, 4) is 0 Å². The summed E-state index contributed by atoms with van der Waals surface area (Å²) in [6.45, 7) is 5.29. The van der Waals surface area contributed by atoms with Gasteiger partial charge in [-0.1, -0.05) is 23.2 Å². The number of carbonyl (C=O) groups excluding carboxylic acids is 2. The summed E-state index contributed by atoms with van der Waals surface area (Å²) < 4.78 is 5.69. The molecule has 7 heteroatoms. The van der Waals surface area contributed by atoms with E-state index in [1.54, 1.807) is 51.1 Å². The molecule has 4 nitrogen and oxygen atoms in total. The monoisotopic (exact) mass is 443 g/mol. The van der Waals surface area contributed by atoms with Gasteiger partial charge >= 0.3 is 6.09 Å². The standard InChI is InChI=1S/C18H16BrCl2NO3/c1-18(2,3)25-17(24)22-15-9-13(19)12(8-14(15)21)16(23)10-4-6-11(20)7-5-10/h4-9H,1-3H3,(H,22,24). The molecule has 1 N–H and O–H groups in total. The van der Waals surface area contributed by atoms with Crippen molar-refractivity contribution in [1.82, 2.24) is 0 Å². The van der Waals surface area contributed by atoms with Crippen LogP contribution in [0.5, 0.6) is 0 Å². The summed E-state index contributed by atoms with van der Waals surface area (Å²) in [5, 5.41) is 3.34. The van der Waals surface area contributed by atoms with Gasteiger partial charge in [0, 0.05) is 20.6 Å². The van der Waals surface area contributed by atoms with Crippen LogP contribution in [0.3, 0.4) is 0 Å². The number of hydrogen-bond acceptors (Lipinski definition) is 3. The summed E-state index contributed by atoms with van der Waals surface area (Å²) in [7, 11) is 0. The third kappa shape index (κ3) is 5.46. The number of carbonyl (C=O) groups is 2. The van der Waals surface area contributed by atoms with Gasteiger partial charge in [-0.15, -0.1) is 0 Å². The number of ketones is 1. The average molecular weight is 445 g/mol. The van der Waals surface area contributed by atoms with Crippen LogP contribution in [-0.4, -0.2) is 17.5 Å². The zero-order chi connectivity index (χ0) is 18.8. The number of hydrogen-bond donors (Lipinski definition) is 1. The van der Waals surface area contributed by atoms with Crippen LogP contribution in [0.1, 0.15) is 36.7 Å². The molecule has 132 valence electrons. The van der Waals surface area contributed by atoms with Crippen molar-refractivity contribution in [3.05, 3.63) is 62.0 Å². The molecule has 0 saturated heterocycles. The van der Waals surface area contributed by atoms with Crippen molar-refractivity contribution in [1.29, 1.82) is 0 Å². The molecular formula is C18H16BrCl2NO3. The quantitative estimate of drug-likeness (QED) is 0.562. The molecule has 0 aromatic heterocycles. The highest BCUT2D eigenvalue weighted by Crippen LogP contribution is 2.31. The highest BCUT2D eigenvalue weighted by Gasteiger charge is 2.19. The Kier molecular flexibility index (Phi) is 6.14. The number of benzene rings is 2. The molecule has 1 amide bonds. The molecule has 2 aromatic rings. The molecule has 0 radical (unpaired) electrons. The van der Waals surface area contributed by atoms with Crippen LogP contribution < -0.4 is 5.32 Å². The van der Waals surface area contributed by atoms with Crippen molar-refractivity contribution in [2.75, 3.05) is 5.32 Å². The number of anilines is 1. The Labute approximate surface area is 164 Å². The third-order valence-electron chi connectivity index (χ3n) is 3.04. The molecule has 0 aliphatic carbocycles. The van der Waals surface area contributed by atoms with E-state index in [0.717, 1.165) is 0 Å². The van der Waals surface area contributed by atoms with Gasteiger partial charge in [-0.2, -0.15) is 0 Å². The maximum absolute atomic E-state index is 12.6. The van der Waals surface area contributed by atoms with Crippen molar-refractivity contribution in [2.24, 2.45) is 0 Å². The topological polar surface area (TPSA) is 55.4 Å². The molecule has 2 aromatic carbocycles. The van der Waals surface area contributed by atoms with Crippen molar-refractivity contribution in [2.45, 2.75) is 26.4 Å². The predicted octanol–water partition coefficient (Wildman–Crippen LogP) is 6.33. The summed E-state index contributed by atoms with van der Waals surface area (Å²) in [6, 6.07) is 9.62. The van der Waals surface area contributed by atoms with Crippen LogP contribution >= 0.6 is 39.1 Å². The fourth-order valence-corrected chi connectivity index (χ4v) is 2.85. The van der Waals surface area contributed by atoms with E-state index in [0.29, 0.717) is 26.3 Å². The van der Waals surface area contributed by atoms with E-state index in [1.165, 1.54) is 6.07 Å². The van der Waals surface area contributed by atoms with Crippen LogP contribution in [0.4, 0.5) is 10.5 Å². The van der Waals surface area contributed by atoms with Gasteiger partial charge < -0.3 is 4.74 Å². The van der Waals surface area contributed by atoms with E-state index in [1.807, 2.05) is 0 Å². The minimum atomic E-state index is -0.627. The Morgan fingerprint density at radius 2 is 1.68 bits per heavy atom. The minimum absolute atomic E-state index is 0.214. The summed E-state index contributed by atoms with van der Waals surface area (Å²) in [5.74, 6) is -0.214. The predicted molar refractivity (Wildman–Crippen MR) is 104 cm³/mol. The summed E-state index contributed by atoms with van der Waals surface area (Å²) in [5.41, 5.74) is 0.574. The Morgan fingerprint density at radius 3 is 2.24 bits per heavy atom. The first kappa shape index (κ1) is 19.8. The lowest BCUT2D eigenvalue weighted by Gasteiger charge is -2.20. The van der Waals surface area contributed by atoms with Gasteiger partial charge in [-0.25, -0.2) is 4.79 Å². The number of halogens is 3. The largest absolute Gasteiger partial charge is 0.444 e. The van der Waals surface area contributed by atoms with Crippen molar-refractivity contribution < 1.29 is 14.3 Å². The first-order chi connectivity index (χ1) is 11.6. The number of rotatable bonds is 3. The van der Waals surface area contributed by atoms with E-state index in [-0.39, 0.29) is 10.8 Å². The van der Waals surface area contributed by atoms with Crippen LogP contribution in [0.2, 0.25) is 10.0 Å². The van der Waals surface area contributed by atoms with Gasteiger partial charge in [0.25, 0.3) is 0 Å². The fourth-order valence-electron chi connectivity index (χ4n) is 1.99. The van der Waals surface area contributed by atoms with Gasteiger partial charge in [0.2, 0.25) is 0 Å². The van der Waals surface area contributed by atoms with Crippen molar-refractivity contribution >= 4 is 56.7 Å². The zero-order valence-electron chi connectivity index (χ0n) is 13.8. The van der Waals surface area contributed by atoms with Crippen LogP contribution in [0.15, 0.2) is 40.9 Å². The molecule has 0 atom stereocenters. The maximum atomic E-state index is 12.6. The van der Waals surface area contributed by atoms with E-state index in [9.17, 15) is 9.59 Å². The summed E-state index contributed by atoms with van der Waals surface area (Å²) in [4.78, 5) is 24.5. The second-order valence-electron chi connectivity index (χ2n) is 6.27. The normalized spacial score (nSPS) is 11.1. The van der Waals surface area contributed by atoms with E-state index >= 15 is 0 Å². The Hall–Kier alpha value is -1.56. The lowest BCUT2D eigenvalue weighted by atomic mass is 10.0. The second-order valence-corrected chi connectivity index (χ2v) is 7.97. The van der Waals surface area contributed by atoms with Crippen LogP contribution in [0, 0.1) is 0 Å². The minimum Gasteiger partial charge on any atom is -0.444 e. The third-order valence-corrected chi connectivity index (χ3v) is 4.26. The molecule has 25 heavy (non-hydrogen) atoms. The lowest BCUT2D eigenvalue weighted by Crippen LogP contribution is -2.27. The van der Waals surface area contributed by atoms with E-state index in [4.69, 9.17) is 27.9 Å². The van der Waals surface area contributed by atoms with E-state index < -0.39 is 11.7 Å². The summed E-state index contributed by atoms with van der Waals surface area (Å²) in [6.07, 6.45) is -0.627. The smallest absolute Gasteiger partial charge is 0.412 e. The number of ether oxygens (including phenoxy) is 1. The molecule has 0 heterocycles. The van der Waals surface area contributed by atoms with E-state index in [2.05, 4.69) is 21.2 Å². The first-order valence-electron chi connectivity index (χ1n) is 7.36. The Bertz CT molecular complexity index is 814. The number of nitrogens with one attached hydrogen (secondary N) is 1. The second kappa shape index (κ2) is 7.77. The summed E-state index contributed by atoms with van der Waals surface area (Å²) >= 11 is 15.4. The highest BCUT2D eigenvalue weighted by molar-refractivity contribution is 9.10. The molecule has 0 bridgehead atoms. The Balaban J connectivity index is 2.26. The first-order valence-corrected chi connectivity index (χ1v) is 8.91. The molecule has 0 fully saturated rings. The lowest BCUT2D eigenvalue weighted by molar-refractivity contribution is 0.0636. The zero-order valence-corrected chi connectivity index (χ0v) is 16.9. The van der Waals surface area contributed by atoms with Crippen LogP contribution in [-0.2, 0) is 4.74 Å². The average Bonchev–Trinajstić information content (AvgIpc) is 2.49. The Morgan fingerprint density at radius 1 is 1.08 bits per heavy atom. The van der Waals surface area contributed by atoms with Crippen molar-refractivity contribution in [3.63, 3.8) is 0 Å². The van der Waals surface area contributed by atoms with Gasteiger partial charge in [0.15, 0.2) is 5.78 Å².